The summed E-state index contributed by atoms with van der Waals surface area (Å²) in [5.74, 6) is -2.96. The number of benzene rings is 2. The number of thiophene rings is 1. The maximum atomic E-state index is 13.3. The van der Waals surface area contributed by atoms with Gasteiger partial charge >= 0.3 is 0 Å². The van der Waals surface area contributed by atoms with E-state index in [-0.39, 0.29) is 11.5 Å². The van der Waals surface area contributed by atoms with Crippen molar-refractivity contribution in [2.24, 2.45) is 0 Å². The van der Waals surface area contributed by atoms with E-state index in [1.165, 1.54) is 31.2 Å². The van der Waals surface area contributed by atoms with Gasteiger partial charge in [0.15, 0.2) is 17.4 Å². The van der Waals surface area contributed by atoms with Crippen molar-refractivity contribution in [1.82, 2.24) is 0 Å². The highest BCUT2D eigenvalue weighted by Crippen LogP contribution is 2.22. The van der Waals surface area contributed by atoms with Crippen LogP contribution in [0.1, 0.15) is 26.3 Å². The fourth-order valence-electron chi connectivity index (χ4n) is 2.32. The van der Waals surface area contributed by atoms with Crippen LogP contribution in [0.4, 0.5) is 20.2 Å². The van der Waals surface area contributed by atoms with E-state index in [0.29, 0.717) is 21.5 Å². The molecule has 0 spiro atoms. The van der Waals surface area contributed by atoms with Gasteiger partial charge in [-0.2, -0.15) is 0 Å². The van der Waals surface area contributed by atoms with Gasteiger partial charge in [-0.25, -0.2) is 17.2 Å². The van der Waals surface area contributed by atoms with Crippen molar-refractivity contribution in [2.75, 3.05) is 10.0 Å². The number of carbonyl (C=O) groups is 2. The number of hydrogen-bond acceptors (Lipinski definition) is 5. The van der Waals surface area contributed by atoms with Crippen molar-refractivity contribution in [3.8, 4) is 0 Å². The van der Waals surface area contributed by atoms with E-state index in [4.69, 9.17) is 0 Å². The monoisotopic (exact) mass is 436 g/mol. The lowest BCUT2D eigenvalue weighted by atomic mass is 10.3. The highest BCUT2D eigenvalue weighted by molar-refractivity contribution is 7.92. The molecule has 3 aromatic rings. The number of sulfonamides is 1. The Morgan fingerprint density at radius 3 is 2.07 bits per heavy atom. The Labute approximate surface area is 169 Å². The molecule has 0 unspecified atom stereocenters. The largest absolute Gasteiger partial charge is 0.321 e. The Morgan fingerprint density at radius 2 is 1.48 bits per heavy atom. The van der Waals surface area contributed by atoms with Crippen molar-refractivity contribution < 1.29 is 26.8 Å². The van der Waals surface area contributed by atoms with Gasteiger partial charge in [-0.1, -0.05) is 0 Å². The molecule has 0 saturated carbocycles. The molecular formula is C19H14F2N2O4S2. The molecule has 3 rings (SSSR count). The third kappa shape index (κ3) is 4.84. The summed E-state index contributed by atoms with van der Waals surface area (Å²) >= 11 is 1.07. The van der Waals surface area contributed by atoms with Gasteiger partial charge in [-0.05, 0) is 61.5 Å². The summed E-state index contributed by atoms with van der Waals surface area (Å²) in [6.45, 7) is 1.41. The van der Waals surface area contributed by atoms with Crippen molar-refractivity contribution in [2.45, 2.75) is 11.8 Å². The standard InChI is InChI=1S/C19H14F2N2O4S2/c1-11(24)17-8-9-18(28-17)19(25)22-12-2-4-13(5-3-12)23-29(26,27)14-6-7-15(20)16(21)10-14/h2-10,23H,1H3,(H,22,25). The van der Waals surface area contributed by atoms with Gasteiger partial charge in [-0.3, -0.25) is 14.3 Å². The van der Waals surface area contributed by atoms with Crippen LogP contribution < -0.4 is 10.0 Å². The highest BCUT2D eigenvalue weighted by Gasteiger charge is 2.17. The van der Waals surface area contributed by atoms with E-state index in [9.17, 15) is 26.8 Å². The zero-order chi connectivity index (χ0) is 21.2. The fraction of sp³-hybridized carbons (Fsp3) is 0.0526. The molecule has 0 radical (unpaired) electrons. The molecule has 2 aromatic carbocycles. The maximum Gasteiger partial charge on any atom is 0.265 e. The van der Waals surface area contributed by atoms with Crippen LogP contribution in [0, 0.1) is 11.6 Å². The second-order valence-electron chi connectivity index (χ2n) is 5.93. The van der Waals surface area contributed by atoms with E-state index in [2.05, 4.69) is 10.0 Å². The van der Waals surface area contributed by atoms with Gasteiger partial charge in [0.1, 0.15) is 0 Å². The van der Waals surface area contributed by atoms with E-state index < -0.39 is 32.5 Å². The average Bonchev–Trinajstić information content (AvgIpc) is 3.16. The van der Waals surface area contributed by atoms with Crippen LogP contribution in [0.25, 0.3) is 0 Å². The van der Waals surface area contributed by atoms with Crippen LogP contribution in [0.2, 0.25) is 0 Å². The summed E-state index contributed by atoms with van der Waals surface area (Å²) < 4.78 is 53.1. The SMILES string of the molecule is CC(=O)c1ccc(C(=O)Nc2ccc(NS(=O)(=O)c3ccc(F)c(F)c3)cc2)s1. The summed E-state index contributed by atoms with van der Waals surface area (Å²) in [6, 6.07) is 11.1. The molecule has 0 aliphatic carbocycles. The smallest absolute Gasteiger partial charge is 0.265 e. The van der Waals surface area contributed by atoms with Gasteiger partial charge in [-0.15, -0.1) is 11.3 Å². The number of amides is 1. The molecule has 150 valence electrons. The predicted octanol–water partition coefficient (Wildman–Crippen LogP) is 4.28. The molecule has 1 amide bonds. The Bertz CT molecular complexity index is 1190. The van der Waals surface area contributed by atoms with Gasteiger partial charge in [0.25, 0.3) is 15.9 Å². The minimum Gasteiger partial charge on any atom is -0.321 e. The fourth-order valence-corrected chi connectivity index (χ4v) is 4.19. The van der Waals surface area contributed by atoms with Gasteiger partial charge in [0.05, 0.1) is 14.6 Å². The van der Waals surface area contributed by atoms with Crippen LogP contribution in [-0.4, -0.2) is 20.1 Å². The lowest BCUT2D eigenvalue weighted by Crippen LogP contribution is -2.14. The molecule has 0 atom stereocenters. The van der Waals surface area contributed by atoms with Crippen molar-refractivity contribution in [3.63, 3.8) is 0 Å². The second-order valence-corrected chi connectivity index (χ2v) is 8.70. The first-order valence-electron chi connectivity index (χ1n) is 8.16. The number of carbonyl (C=O) groups excluding carboxylic acids is 2. The number of rotatable bonds is 6. The maximum absolute atomic E-state index is 13.3. The average molecular weight is 436 g/mol. The Kier molecular flexibility index (Phi) is 5.76. The highest BCUT2D eigenvalue weighted by atomic mass is 32.2. The molecule has 1 aromatic heterocycles. The Balaban J connectivity index is 1.70. The number of nitrogens with one attached hydrogen (secondary N) is 2. The first-order chi connectivity index (χ1) is 13.7. The summed E-state index contributed by atoms with van der Waals surface area (Å²) in [5.41, 5.74) is 0.575. The van der Waals surface area contributed by atoms with Gasteiger partial charge in [0.2, 0.25) is 0 Å². The topological polar surface area (TPSA) is 92.3 Å². The molecule has 10 heteroatoms. The summed E-state index contributed by atoms with van der Waals surface area (Å²) in [5, 5.41) is 2.64. The molecule has 0 aliphatic rings. The lowest BCUT2D eigenvalue weighted by molar-refractivity contribution is 0.101. The zero-order valence-electron chi connectivity index (χ0n) is 14.9. The quantitative estimate of drug-likeness (QED) is 0.564. The first-order valence-corrected chi connectivity index (χ1v) is 10.5. The van der Waals surface area contributed by atoms with Crippen LogP contribution in [-0.2, 0) is 10.0 Å². The number of halogens is 2. The minimum atomic E-state index is -4.11. The molecule has 2 N–H and O–H groups in total. The normalized spacial score (nSPS) is 11.1. The van der Waals surface area contributed by atoms with Gasteiger partial charge in [0, 0.05) is 11.4 Å². The van der Waals surface area contributed by atoms with Crippen molar-refractivity contribution in [3.05, 3.63) is 76.0 Å². The third-order valence-corrected chi connectivity index (χ3v) is 6.34. The number of ketones is 1. The van der Waals surface area contributed by atoms with Crippen LogP contribution in [0.3, 0.4) is 0 Å². The number of anilines is 2. The van der Waals surface area contributed by atoms with E-state index in [0.717, 1.165) is 23.5 Å². The zero-order valence-corrected chi connectivity index (χ0v) is 16.5. The van der Waals surface area contributed by atoms with Crippen LogP contribution in [0.5, 0.6) is 0 Å². The molecule has 29 heavy (non-hydrogen) atoms. The molecule has 0 aliphatic heterocycles. The lowest BCUT2D eigenvalue weighted by Gasteiger charge is -2.09. The number of hydrogen-bond donors (Lipinski definition) is 2. The molecule has 0 bridgehead atoms. The Morgan fingerprint density at radius 1 is 0.862 bits per heavy atom. The molecule has 0 fully saturated rings. The van der Waals surface area contributed by atoms with E-state index in [1.807, 2.05) is 0 Å². The minimum absolute atomic E-state index is 0.133. The van der Waals surface area contributed by atoms with Crippen LogP contribution in [0.15, 0.2) is 59.5 Å². The molecule has 1 heterocycles. The predicted molar refractivity (Wildman–Crippen MR) is 106 cm³/mol. The van der Waals surface area contributed by atoms with E-state index in [1.54, 1.807) is 12.1 Å². The second kappa shape index (κ2) is 8.10. The molecule has 6 nitrogen and oxygen atoms in total. The first kappa shape index (κ1) is 20.6. The summed E-state index contributed by atoms with van der Waals surface area (Å²) in [7, 11) is -4.11. The Hall–Kier alpha value is -3.11. The van der Waals surface area contributed by atoms with Crippen molar-refractivity contribution >= 4 is 44.4 Å². The van der Waals surface area contributed by atoms with E-state index >= 15 is 0 Å². The summed E-state index contributed by atoms with van der Waals surface area (Å²) in [4.78, 5) is 23.9. The molecular weight excluding hydrogens is 422 g/mol. The van der Waals surface area contributed by atoms with Crippen LogP contribution >= 0.6 is 11.3 Å². The summed E-state index contributed by atoms with van der Waals surface area (Å²) in [6.07, 6.45) is 0. The van der Waals surface area contributed by atoms with Crippen molar-refractivity contribution in [1.29, 1.82) is 0 Å². The molecule has 0 saturated heterocycles. The number of Topliss-reactive ketones (excluding diaryl/α,β-unsaturated/α-hetero) is 1. The third-order valence-electron chi connectivity index (χ3n) is 3.77. The van der Waals surface area contributed by atoms with Gasteiger partial charge < -0.3 is 5.32 Å².